The molecule has 2 nitrogen and oxygen atoms in total. The average Bonchev–Trinajstić information content (AvgIpc) is 1.99. The molecule has 0 aliphatic carbocycles. The van der Waals surface area contributed by atoms with Crippen LogP contribution in [0, 0.1) is 0 Å². The van der Waals surface area contributed by atoms with Crippen molar-refractivity contribution in [2.75, 3.05) is 14.2 Å². The van der Waals surface area contributed by atoms with Gasteiger partial charge in [-0.1, -0.05) is 28.2 Å². The van der Waals surface area contributed by atoms with Crippen molar-refractivity contribution in [2.24, 2.45) is 0 Å². The van der Waals surface area contributed by atoms with Gasteiger partial charge in [-0.3, -0.25) is 0 Å². The summed E-state index contributed by atoms with van der Waals surface area (Å²) in [5.41, 5.74) is 1.27. The second-order valence-corrected chi connectivity index (χ2v) is 2.68. The number of halogens is 1. The van der Waals surface area contributed by atoms with E-state index < -0.39 is 0 Å². The molecule has 0 heterocycles. The van der Waals surface area contributed by atoms with Crippen molar-refractivity contribution in [2.45, 2.75) is 19.6 Å². The largest absolute Gasteiger partial charge is 0.356 e. The maximum absolute atomic E-state index is 5.01. The molecule has 0 N–H and O–H groups in total. The van der Waals surface area contributed by atoms with Crippen LogP contribution in [0.25, 0.3) is 0 Å². The Kier molecular flexibility index (Phi) is 6.36. The molecular formula is C7H13IO2. The van der Waals surface area contributed by atoms with Gasteiger partial charge in [-0.25, -0.2) is 0 Å². The minimum absolute atomic E-state index is 0.0917. The highest BCUT2D eigenvalue weighted by molar-refractivity contribution is 14.1. The van der Waals surface area contributed by atoms with Crippen molar-refractivity contribution >= 4 is 22.6 Å². The molecule has 0 fully saturated rings. The maximum atomic E-state index is 5.01. The van der Waals surface area contributed by atoms with E-state index in [-0.39, 0.29) is 6.29 Å². The molecule has 10 heavy (non-hydrogen) atoms. The van der Waals surface area contributed by atoms with Crippen LogP contribution in [0.1, 0.15) is 13.3 Å². The van der Waals surface area contributed by atoms with Crippen LogP contribution in [-0.4, -0.2) is 20.5 Å². The van der Waals surface area contributed by atoms with E-state index in [4.69, 9.17) is 9.47 Å². The summed E-state index contributed by atoms with van der Waals surface area (Å²) in [7, 11) is 3.29. The highest BCUT2D eigenvalue weighted by Gasteiger charge is 2.03. The first-order valence-electron chi connectivity index (χ1n) is 3.06. The topological polar surface area (TPSA) is 18.5 Å². The lowest BCUT2D eigenvalue weighted by atomic mass is 10.2. The average molecular weight is 256 g/mol. The van der Waals surface area contributed by atoms with Gasteiger partial charge in [0.1, 0.15) is 0 Å². The summed E-state index contributed by atoms with van der Waals surface area (Å²) in [6.07, 6.45) is 0.752. The van der Waals surface area contributed by atoms with Gasteiger partial charge in [-0.05, 0) is 11.0 Å². The fraction of sp³-hybridized carbons (Fsp3) is 0.714. The monoisotopic (exact) mass is 256 g/mol. The zero-order valence-electron chi connectivity index (χ0n) is 6.56. The van der Waals surface area contributed by atoms with Gasteiger partial charge in [0, 0.05) is 20.6 Å². The quantitative estimate of drug-likeness (QED) is 0.567. The van der Waals surface area contributed by atoms with E-state index in [1.54, 1.807) is 14.2 Å². The van der Waals surface area contributed by atoms with Crippen LogP contribution in [0.2, 0.25) is 0 Å². The zero-order valence-corrected chi connectivity index (χ0v) is 8.71. The number of rotatable bonds is 4. The molecule has 0 aromatic rings. The van der Waals surface area contributed by atoms with E-state index >= 15 is 0 Å². The standard InChI is InChI=1S/C7H13IO2/c1-6(5-8)4-7(9-2)10-3/h5,7H,4H2,1-3H3/b6-5+. The van der Waals surface area contributed by atoms with Crippen LogP contribution in [0.3, 0.4) is 0 Å². The molecule has 0 spiro atoms. The SMILES string of the molecule is COC(C/C(C)=C/I)OC. The lowest BCUT2D eigenvalue weighted by Gasteiger charge is -2.12. The second-order valence-electron chi connectivity index (χ2n) is 2.06. The van der Waals surface area contributed by atoms with E-state index in [9.17, 15) is 0 Å². The van der Waals surface area contributed by atoms with E-state index in [1.165, 1.54) is 5.57 Å². The summed E-state index contributed by atoms with van der Waals surface area (Å²) in [5.74, 6) is 0. The molecule has 0 amide bonds. The lowest BCUT2D eigenvalue weighted by Crippen LogP contribution is -2.12. The predicted molar refractivity (Wildman–Crippen MR) is 50.2 cm³/mol. The third-order valence-corrected chi connectivity index (χ3v) is 2.26. The predicted octanol–water partition coefficient (Wildman–Crippen LogP) is 2.33. The molecule has 0 radical (unpaired) electrons. The maximum Gasteiger partial charge on any atom is 0.160 e. The summed E-state index contributed by atoms with van der Waals surface area (Å²) in [4.78, 5) is 0. The van der Waals surface area contributed by atoms with Gasteiger partial charge in [0.15, 0.2) is 6.29 Å². The Balaban J connectivity index is 3.63. The Morgan fingerprint density at radius 2 is 2.00 bits per heavy atom. The van der Waals surface area contributed by atoms with Crippen LogP contribution < -0.4 is 0 Å². The molecule has 0 aromatic carbocycles. The molecule has 0 unspecified atom stereocenters. The molecule has 0 atom stereocenters. The molecule has 0 aliphatic heterocycles. The summed E-state index contributed by atoms with van der Waals surface area (Å²) < 4.78 is 12.0. The van der Waals surface area contributed by atoms with Crippen LogP contribution in [0.4, 0.5) is 0 Å². The number of hydrogen-bond donors (Lipinski definition) is 0. The number of hydrogen-bond acceptors (Lipinski definition) is 2. The molecule has 0 aromatic heterocycles. The highest BCUT2D eigenvalue weighted by atomic mass is 127. The normalized spacial score (nSPS) is 12.7. The molecule has 60 valence electrons. The zero-order chi connectivity index (χ0) is 7.98. The van der Waals surface area contributed by atoms with Gasteiger partial charge in [-0.2, -0.15) is 0 Å². The van der Waals surface area contributed by atoms with Gasteiger partial charge in [0.25, 0.3) is 0 Å². The molecule has 0 saturated carbocycles. The Hall–Kier alpha value is 0.390. The van der Waals surface area contributed by atoms with Gasteiger partial charge >= 0.3 is 0 Å². The Bertz CT molecular complexity index is 108. The van der Waals surface area contributed by atoms with Crippen molar-refractivity contribution in [3.63, 3.8) is 0 Å². The Morgan fingerprint density at radius 3 is 2.30 bits per heavy atom. The molecule has 0 rings (SSSR count). The first-order chi connectivity index (χ1) is 4.74. The first-order valence-corrected chi connectivity index (χ1v) is 4.30. The van der Waals surface area contributed by atoms with Gasteiger partial charge < -0.3 is 9.47 Å². The summed E-state index contributed by atoms with van der Waals surface area (Å²) >= 11 is 2.21. The van der Waals surface area contributed by atoms with Crippen molar-refractivity contribution in [3.05, 3.63) is 9.66 Å². The number of methoxy groups -OCH3 is 2. The smallest absolute Gasteiger partial charge is 0.160 e. The minimum Gasteiger partial charge on any atom is -0.356 e. The van der Waals surface area contributed by atoms with E-state index in [0.717, 1.165) is 6.42 Å². The van der Waals surface area contributed by atoms with Crippen LogP contribution in [0.15, 0.2) is 9.66 Å². The van der Waals surface area contributed by atoms with Crippen molar-refractivity contribution < 1.29 is 9.47 Å². The van der Waals surface area contributed by atoms with Crippen LogP contribution in [-0.2, 0) is 9.47 Å². The highest BCUT2D eigenvalue weighted by Crippen LogP contribution is 2.09. The van der Waals surface area contributed by atoms with Crippen LogP contribution >= 0.6 is 22.6 Å². The molecule has 3 heteroatoms. The van der Waals surface area contributed by atoms with Gasteiger partial charge in [0.05, 0.1) is 0 Å². The molecule has 0 aliphatic rings. The van der Waals surface area contributed by atoms with Crippen LogP contribution in [0.5, 0.6) is 0 Å². The number of ether oxygens (including phenoxy) is 2. The van der Waals surface area contributed by atoms with Gasteiger partial charge in [0.2, 0.25) is 0 Å². The van der Waals surface area contributed by atoms with Crippen molar-refractivity contribution in [1.29, 1.82) is 0 Å². The molecular weight excluding hydrogens is 243 g/mol. The lowest BCUT2D eigenvalue weighted by molar-refractivity contribution is -0.100. The van der Waals surface area contributed by atoms with Crippen molar-refractivity contribution in [3.8, 4) is 0 Å². The van der Waals surface area contributed by atoms with Crippen molar-refractivity contribution in [1.82, 2.24) is 0 Å². The summed E-state index contributed by atoms with van der Waals surface area (Å²) in [5, 5.41) is 0. The fourth-order valence-corrected chi connectivity index (χ4v) is 0.825. The fourth-order valence-electron chi connectivity index (χ4n) is 0.570. The first kappa shape index (κ1) is 10.4. The molecule has 0 saturated heterocycles. The minimum atomic E-state index is -0.0917. The summed E-state index contributed by atoms with van der Waals surface area (Å²) in [6, 6.07) is 0. The van der Waals surface area contributed by atoms with Gasteiger partial charge in [-0.15, -0.1) is 0 Å². The third kappa shape index (κ3) is 4.24. The molecule has 0 bridgehead atoms. The summed E-state index contributed by atoms with van der Waals surface area (Å²) in [6.45, 7) is 2.05. The van der Waals surface area contributed by atoms with E-state index in [0.29, 0.717) is 0 Å². The van der Waals surface area contributed by atoms with E-state index in [1.807, 2.05) is 4.08 Å². The Labute approximate surface area is 75.7 Å². The Morgan fingerprint density at radius 1 is 1.50 bits per heavy atom. The second kappa shape index (κ2) is 6.12. The third-order valence-electron chi connectivity index (χ3n) is 1.20. The van der Waals surface area contributed by atoms with E-state index in [2.05, 4.69) is 29.5 Å².